The van der Waals surface area contributed by atoms with E-state index in [1.807, 2.05) is 73.7 Å². The highest BCUT2D eigenvalue weighted by Crippen LogP contribution is 2.18. The lowest BCUT2D eigenvalue weighted by atomic mass is 10.0. The van der Waals surface area contributed by atoms with Crippen molar-refractivity contribution in [2.24, 2.45) is 0 Å². The van der Waals surface area contributed by atoms with Crippen molar-refractivity contribution in [3.8, 4) is 0 Å². The summed E-state index contributed by atoms with van der Waals surface area (Å²) in [5, 5.41) is 2.97. The third-order valence-corrected chi connectivity index (χ3v) is 3.23. The van der Waals surface area contributed by atoms with E-state index in [0.29, 0.717) is 12.2 Å². The van der Waals surface area contributed by atoms with Crippen LogP contribution in [0.2, 0.25) is 0 Å². The zero-order valence-electron chi connectivity index (χ0n) is 13.0. The average molecular weight is 295 g/mol. The van der Waals surface area contributed by atoms with Crippen LogP contribution in [0.5, 0.6) is 0 Å². The molecule has 3 nitrogen and oxygen atoms in total. The fourth-order valence-electron chi connectivity index (χ4n) is 2.21. The topological polar surface area (TPSA) is 38.3 Å². The number of carbonyl (C=O) groups is 1. The van der Waals surface area contributed by atoms with Crippen molar-refractivity contribution in [2.45, 2.75) is 13.0 Å². The van der Waals surface area contributed by atoms with Crippen LogP contribution in [-0.2, 0) is 9.53 Å². The number of ether oxygens (including phenoxy) is 1. The van der Waals surface area contributed by atoms with Crippen LogP contribution in [0.25, 0.3) is 11.6 Å². The molecule has 0 aliphatic carbocycles. The SMILES string of the molecule is COCC(C)NC(=O)C(=Cc1ccccc1)c1ccccc1. The molecule has 0 radical (unpaired) electrons. The van der Waals surface area contributed by atoms with Crippen LogP contribution in [0.15, 0.2) is 60.7 Å². The molecule has 114 valence electrons. The summed E-state index contributed by atoms with van der Waals surface area (Å²) in [4.78, 5) is 12.6. The van der Waals surface area contributed by atoms with Crippen LogP contribution in [-0.4, -0.2) is 25.7 Å². The summed E-state index contributed by atoms with van der Waals surface area (Å²) < 4.78 is 5.07. The van der Waals surface area contributed by atoms with Crippen LogP contribution in [0.4, 0.5) is 0 Å². The summed E-state index contributed by atoms with van der Waals surface area (Å²) in [6.45, 7) is 2.41. The van der Waals surface area contributed by atoms with E-state index >= 15 is 0 Å². The molecule has 1 atom stereocenters. The molecule has 2 rings (SSSR count). The van der Waals surface area contributed by atoms with Gasteiger partial charge in [0.2, 0.25) is 0 Å². The second kappa shape index (κ2) is 8.15. The van der Waals surface area contributed by atoms with Crippen molar-refractivity contribution < 1.29 is 9.53 Å². The average Bonchev–Trinajstić information content (AvgIpc) is 2.54. The lowest BCUT2D eigenvalue weighted by Crippen LogP contribution is -2.36. The number of rotatable bonds is 6. The number of hydrogen-bond donors (Lipinski definition) is 1. The molecule has 0 fully saturated rings. The molecule has 0 heterocycles. The first-order valence-corrected chi connectivity index (χ1v) is 7.32. The van der Waals surface area contributed by atoms with E-state index in [-0.39, 0.29) is 11.9 Å². The predicted octanol–water partition coefficient (Wildman–Crippen LogP) is 3.38. The van der Waals surface area contributed by atoms with Gasteiger partial charge in [0.15, 0.2) is 0 Å². The Morgan fingerprint density at radius 1 is 1.09 bits per heavy atom. The van der Waals surface area contributed by atoms with Gasteiger partial charge in [-0.25, -0.2) is 0 Å². The monoisotopic (exact) mass is 295 g/mol. The van der Waals surface area contributed by atoms with E-state index in [1.54, 1.807) is 7.11 Å². The van der Waals surface area contributed by atoms with E-state index < -0.39 is 0 Å². The van der Waals surface area contributed by atoms with E-state index in [1.165, 1.54) is 0 Å². The smallest absolute Gasteiger partial charge is 0.252 e. The van der Waals surface area contributed by atoms with Gasteiger partial charge >= 0.3 is 0 Å². The standard InChI is InChI=1S/C19H21NO2/c1-15(14-22-2)20-19(21)18(17-11-7-4-8-12-17)13-16-9-5-3-6-10-16/h3-13,15H,14H2,1-2H3,(H,20,21). The fraction of sp³-hybridized carbons (Fsp3) is 0.211. The first-order valence-electron chi connectivity index (χ1n) is 7.32. The molecular formula is C19H21NO2. The third kappa shape index (κ3) is 4.57. The van der Waals surface area contributed by atoms with Crippen LogP contribution in [0.3, 0.4) is 0 Å². The van der Waals surface area contributed by atoms with Crippen molar-refractivity contribution in [1.29, 1.82) is 0 Å². The second-order valence-corrected chi connectivity index (χ2v) is 5.16. The normalized spacial score (nSPS) is 12.7. The zero-order valence-corrected chi connectivity index (χ0v) is 13.0. The second-order valence-electron chi connectivity index (χ2n) is 5.16. The highest BCUT2D eigenvalue weighted by molar-refractivity contribution is 6.24. The van der Waals surface area contributed by atoms with Gasteiger partial charge in [0.1, 0.15) is 0 Å². The van der Waals surface area contributed by atoms with Gasteiger partial charge < -0.3 is 10.1 Å². The molecule has 0 spiro atoms. The Labute approximate surface area is 131 Å². The molecule has 0 aliphatic heterocycles. The highest BCUT2D eigenvalue weighted by Gasteiger charge is 2.14. The number of nitrogens with one attached hydrogen (secondary N) is 1. The van der Waals surface area contributed by atoms with Gasteiger partial charge in [-0.3, -0.25) is 4.79 Å². The molecule has 1 amide bonds. The molecule has 2 aromatic carbocycles. The van der Waals surface area contributed by atoms with Crippen molar-refractivity contribution in [3.63, 3.8) is 0 Å². The molecule has 0 bridgehead atoms. The lowest BCUT2D eigenvalue weighted by molar-refractivity contribution is -0.116. The summed E-state index contributed by atoms with van der Waals surface area (Å²) in [6, 6.07) is 19.5. The molecule has 22 heavy (non-hydrogen) atoms. The molecule has 1 unspecified atom stereocenters. The van der Waals surface area contributed by atoms with Crippen LogP contribution >= 0.6 is 0 Å². The Morgan fingerprint density at radius 3 is 2.27 bits per heavy atom. The number of carbonyl (C=O) groups excluding carboxylic acids is 1. The minimum atomic E-state index is -0.0976. The van der Waals surface area contributed by atoms with Gasteiger partial charge in [-0.15, -0.1) is 0 Å². The molecule has 3 heteroatoms. The Balaban J connectivity index is 2.30. The Kier molecular flexibility index (Phi) is 5.92. The minimum Gasteiger partial charge on any atom is -0.383 e. The van der Waals surface area contributed by atoms with Crippen LogP contribution in [0.1, 0.15) is 18.1 Å². The van der Waals surface area contributed by atoms with E-state index in [2.05, 4.69) is 5.32 Å². The Bertz CT molecular complexity index is 620. The fourth-order valence-corrected chi connectivity index (χ4v) is 2.21. The number of methoxy groups -OCH3 is 1. The van der Waals surface area contributed by atoms with E-state index in [0.717, 1.165) is 11.1 Å². The van der Waals surface area contributed by atoms with E-state index in [4.69, 9.17) is 4.74 Å². The molecule has 1 N–H and O–H groups in total. The van der Waals surface area contributed by atoms with Crippen molar-refractivity contribution >= 4 is 17.6 Å². The summed E-state index contributed by atoms with van der Waals surface area (Å²) in [5.41, 5.74) is 2.54. The third-order valence-electron chi connectivity index (χ3n) is 3.23. The van der Waals surface area contributed by atoms with Gasteiger partial charge in [-0.05, 0) is 24.1 Å². The first-order chi connectivity index (χ1) is 10.7. The van der Waals surface area contributed by atoms with Gasteiger partial charge in [0.25, 0.3) is 5.91 Å². The predicted molar refractivity (Wildman–Crippen MR) is 90.2 cm³/mol. The van der Waals surface area contributed by atoms with Gasteiger partial charge in [-0.2, -0.15) is 0 Å². The summed E-state index contributed by atoms with van der Waals surface area (Å²) >= 11 is 0. The van der Waals surface area contributed by atoms with Crippen LogP contribution < -0.4 is 5.32 Å². The molecule has 0 saturated carbocycles. The number of hydrogen-bond acceptors (Lipinski definition) is 2. The van der Waals surface area contributed by atoms with E-state index in [9.17, 15) is 4.79 Å². The minimum absolute atomic E-state index is 0.0413. The Morgan fingerprint density at radius 2 is 1.68 bits per heavy atom. The maximum atomic E-state index is 12.6. The molecule has 2 aromatic rings. The summed E-state index contributed by atoms with van der Waals surface area (Å²) in [5.74, 6) is -0.0976. The maximum Gasteiger partial charge on any atom is 0.252 e. The van der Waals surface area contributed by atoms with Crippen molar-refractivity contribution in [2.75, 3.05) is 13.7 Å². The van der Waals surface area contributed by atoms with Gasteiger partial charge in [0.05, 0.1) is 6.61 Å². The quantitative estimate of drug-likeness (QED) is 0.655. The molecule has 0 saturated heterocycles. The Hall–Kier alpha value is -2.39. The molecule has 0 aliphatic rings. The largest absolute Gasteiger partial charge is 0.383 e. The molecule has 0 aromatic heterocycles. The highest BCUT2D eigenvalue weighted by atomic mass is 16.5. The molecular weight excluding hydrogens is 274 g/mol. The van der Waals surface area contributed by atoms with Gasteiger partial charge in [0, 0.05) is 18.7 Å². The lowest BCUT2D eigenvalue weighted by Gasteiger charge is -2.15. The summed E-state index contributed by atoms with van der Waals surface area (Å²) in [6.07, 6.45) is 1.91. The number of amides is 1. The van der Waals surface area contributed by atoms with Crippen molar-refractivity contribution in [3.05, 3.63) is 71.8 Å². The zero-order chi connectivity index (χ0) is 15.8. The van der Waals surface area contributed by atoms with Gasteiger partial charge in [-0.1, -0.05) is 60.7 Å². The maximum absolute atomic E-state index is 12.6. The summed E-state index contributed by atoms with van der Waals surface area (Å²) in [7, 11) is 1.63. The number of benzene rings is 2. The van der Waals surface area contributed by atoms with Crippen molar-refractivity contribution in [1.82, 2.24) is 5.32 Å². The van der Waals surface area contributed by atoms with Crippen LogP contribution in [0, 0.1) is 0 Å². The first kappa shape index (κ1) is 16.0.